The molecule has 3 aromatic carbocycles. The molecule has 1 aliphatic rings. The summed E-state index contributed by atoms with van der Waals surface area (Å²) in [4.78, 5) is 31.2. The van der Waals surface area contributed by atoms with E-state index in [1.165, 1.54) is 0 Å². The lowest BCUT2D eigenvalue weighted by Crippen LogP contribution is -2.30. The third-order valence-corrected chi connectivity index (χ3v) is 5.32. The average molecular weight is 358 g/mol. The van der Waals surface area contributed by atoms with Gasteiger partial charge < -0.3 is 4.90 Å². The molecule has 0 aromatic heterocycles. The highest BCUT2D eigenvalue weighted by molar-refractivity contribution is 7.99. The second-order valence-corrected chi connectivity index (χ2v) is 6.91. The highest BCUT2D eigenvalue weighted by atomic mass is 32.2. The van der Waals surface area contributed by atoms with Crippen molar-refractivity contribution in [3.8, 4) is 0 Å². The number of isocyanates is 1. The predicted octanol–water partition coefficient (Wildman–Crippen LogP) is 4.97. The van der Waals surface area contributed by atoms with Gasteiger partial charge in [0.15, 0.2) is 0 Å². The first-order valence-electron chi connectivity index (χ1n) is 8.11. The Morgan fingerprint density at radius 3 is 2.50 bits per heavy atom. The maximum atomic E-state index is 13.3. The minimum atomic E-state index is -0.0667. The fourth-order valence-corrected chi connectivity index (χ4v) is 4.01. The molecule has 0 bridgehead atoms. The molecule has 4 rings (SSSR count). The number of amides is 1. The zero-order valence-corrected chi connectivity index (χ0v) is 14.6. The Bertz CT molecular complexity index is 1030. The fraction of sp³-hybridized carbons (Fsp3) is 0.0476. The summed E-state index contributed by atoms with van der Waals surface area (Å²) in [5.74, 6) is -0.0667. The summed E-state index contributed by atoms with van der Waals surface area (Å²) in [5, 5.41) is 0. The summed E-state index contributed by atoms with van der Waals surface area (Å²) in [5.41, 5.74) is 2.93. The van der Waals surface area contributed by atoms with E-state index in [0.717, 1.165) is 21.0 Å². The summed E-state index contributed by atoms with van der Waals surface area (Å²) < 4.78 is 0. The number of rotatable bonds is 3. The maximum Gasteiger partial charge on any atom is 0.259 e. The fourth-order valence-electron chi connectivity index (χ4n) is 2.95. The quantitative estimate of drug-likeness (QED) is 0.491. The first-order valence-corrected chi connectivity index (χ1v) is 8.92. The molecule has 1 aliphatic heterocycles. The summed E-state index contributed by atoms with van der Waals surface area (Å²) >= 11 is 1.55. The van der Waals surface area contributed by atoms with Crippen molar-refractivity contribution in [2.75, 3.05) is 4.90 Å². The Labute approximate surface area is 155 Å². The van der Waals surface area contributed by atoms with Crippen LogP contribution in [0.25, 0.3) is 0 Å². The van der Waals surface area contributed by atoms with Crippen LogP contribution in [0, 0.1) is 0 Å². The van der Waals surface area contributed by atoms with Crippen molar-refractivity contribution in [3.63, 3.8) is 0 Å². The van der Waals surface area contributed by atoms with Crippen LogP contribution in [0.4, 0.5) is 11.4 Å². The standard InChI is InChI=1S/C21H14N2O2S/c24-14-22-16-10-11-20-18(12-16)23(13-15-6-2-1-3-7-15)21(25)17-8-4-5-9-19(17)26-20/h1-12H,13H2. The summed E-state index contributed by atoms with van der Waals surface area (Å²) in [6.07, 6.45) is 1.56. The van der Waals surface area contributed by atoms with Gasteiger partial charge in [-0.05, 0) is 35.9 Å². The van der Waals surface area contributed by atoms with Gasteiger partial charge in [-0.1, -0.05) is 54.2 Å². The number of hydrogen-bond acceptors (Lipinski definition) is 4. The Balaban J connectivity index is 1.88. The summed E-state index contributed by atoms with van der Waals surface area (Å²) in [6, 6.07) is 22.8. The van der Waals surface area contributed by atoms with E-state index in [0.29, 0.717) is 17.8 Å². The molecule has 0 saturated heterocycles. The van der Waals surface area contributed by atoms with E-state index in [2.05, 4.69) is 4.99 Å². The number of carbonyl (C=O) groups is 1. The van der Waals surface area contributed by atoms with Gasteiger partial charge in [0, 0.05) is 9.79 Å². The molecule has 1 amide bonds. The number of anilines is 1. The first kappa shape index (κ1) is 16.3. The average Bonchev–Trinajstić information content (AvgIpc) is 2.79. The van der Waals surface area contributed by atoms with E-state index >= 15 is 0 Å². The Kier molecular flexibility index (Phi) is 4.40. The summed E-state index contributed by atoms with van der Waals surface area (Å²) in [7, 11) is 0. The zero-order chi connectivity index (χ0) is 17.9. The molecule has 0 N–H and O–H groups in total. The van der Waals surface area contributed by atoms with Crippen molar-refractivity contribution >= 4 is 35.1 Å². The molecule has 26 heavy (non-hydrogen) atoms. The number of nitrogens with zero attached hydrogens (tertiary/aromatic N) is 2. The smallest absolute Gasteiger partial charge is 0.259 e. The Hall–Kier alpha value is -3.14. The Morgan fingerprint density at radius 2 is 1.69 bits per heavy atom. The molecule has 0 radical (unpaired) electrons. The lowest BCUT2D eigenvalue weighted by molar-refractivity contribution is 0.0982. The number of carbonyl (C=O) groups excluding carboxylic acids is 2. The zero-order valence-electron chi connectivity index (χ0n) is 13.8. The Morgan fingerprint density at radius 1 is 0.923 bits per heavy atom. The second kappa shape index (κ2) is 7.00. The van der Waals surface area contributed by atoms with Gasteiger partial charge in [0.05, 0.1) is 23.5 Å². The molecule has 1 heterocycles. The monoisotopic (exact) mass is 358 g/mol. The van der Waals surface area contributed by atoms with Gasteiger partial charge >= 0.3 is 0 Å². The van der Waals surface area contributed by atoms with Crippen LogP contribution in [-0.2, 0) is 11.3 Å². The lowest BCUT2D eigenvalue weighted by atomic mass is 10.1. The van der Waals surface area contributed by atoms with Crippen LogP contribution in [0.5, 0.6) is 0 Å². The number of fused-ring (bicyclic) bond motifs is 2. The van der Waals surface area contributed by atoms with Crippen molar-refractivity contribution in [2.24, 2.45) is 4.99 Å². The van der Waals surface area contributed by atoms with Crippen LogP contribution in [-0.4, -0.2) is 12.0 Å². The van der Waals surface area contributed by atoms with E-state index in [9.17, 15) is 9.59 Å². The van der Waals surface area contributed by atoms with Crippen molar-refractivity contribution < 1.29 is 9.59 Å². The first-order chi connectivity index (χ1) is 12.8. The topological polar surface area (TPSA) is 49.7 Å². The highest BCUT2D eigenvalue weighted by Crippen LogP contribution is 2.43. The largest absolute Gasteiger partial charge is 0.303 e. The van der Waals surface area contributed by atoms with Crippen LogP contribution >= 0.6 is 11.8 Å². The molecule has 0 atom stereocenters. The SMILES string of the molecule is O=C=Nc1ccc2c(c1)N(Cc1ccccc1)C(=O)c1ccccc1S2. The lowest BCUT2D eigenvalue weighted by Gasteiger charge is -2.23. The van der Waals surface area contributed by atoms with Gasteiger partial charge in [-0.25, -0.2) is 4.79 Å². The van der Waals surface area contributed by atoms with Crippen LogP contribution in [0.15, 0.2) is 87.6 Å². The molecule has 126 valence electrons. The van der Waals surface area contributed by atoms with Crippen LogP contribution in [0.1, 0.15) is 15.9 Å². The van der Waals surface area contributed by atoms with Gasteiger partial charge in [0.1, 0.15) is 0 Å². The van der Waals surface area contributed by atoms with Crippen LogP contribution < -0.4 is 4.90 Å². The number of hydrogen-bond donors (Lipinski definition) is 0. The van der Waals surface area contributed by atoms with Gasteiger partial charge in [0.2, 0.25) is 6.08 Å². The van der Waals surface area contributed by atoms with Gasteiger partial charge in [0.25, 0.3) is 5.91 Å². The van der Waals surface area contributed by atoms with Gasteiger partial charge in [-0.15, -0.1) is 0 Å². The normalized spacial score (nSPS) is 12.6. The molecule has 3 aromatic rings. The molecular weight excluding hydrogens is 344 g/mol. The minimum absolute atomic E-state index is 0.0667. The van der Waals surface area contributed by atoms with Crippen molar-refractivity contribution in [1.82, 2.24) is 0 Å². The number of benzene rings is 3. The van der Waals surface area contributed by atoms with Gasteiger partial charge in [-0.2, -0.15) is 4.99 Å². The predicted molar refractivity (Wildman–Crippen MR) is 102 cm³/mol. The molecule has 0 fully saturated rings. The molecule has 0 saturated carbocycles. The van der Waals surface area contributed by atoms with E-state index in [4.69, 9.17) is 0 Å². The molecule has 0 unspecified atom stereocenters. The molecule has 0 aliphatic carbocycles. The van der Waals surface area contributed by atoms with Crippen LogP contribution in [0.2, 0.25) is 0 Å². The van der Waals surface area contributed by atoms with Crippen molar-refractivity contribution in [1.29, 1.82) is 0 Å². The highest BCUT2D eigenvalue weighted by Gasteiger charge is 2.27. The van der Waals surface area contributed by atoms with E-state index in [1.807, 2.05) is 60.7 Å². The number of aliphatic imine (C=N–C) groups is 1. The van der Waals surface area contributed by atoms with Gasteiger partial charge in [-0.3, -0.25) is 4.79 Å². The molecule has 4 nitrogen and oxygen atoms in total. The molecule has 0 spiro atoms. The van der Waals surface area contributed by atoms with Crippen molar-refractivity contribution in [3.05, 3.63) is 83.9 Å². The second-order valence-electron chi connectivity index (χ2n) is 5.83. The molecule has 5 heteroatoms. The van der Waals surface area contributed by atoms with E-state index < -0.39 is 0 Å². The van der Waals surface area contributed by atoms with Crippen LogP contribution in [0.3, 0.4) is 0 Å². The molecular formula is C21H14N2O2S. The van der Waals surface area contributed by atoms with E-state index in [-0.39, 0.29) is 5.91 Å². The van der Waals surface area contributed by atoms with Crippen molar-refractivity contribution in [2.45, 2.75) is 16.3 Å². The minimum Gasteiger partial charge on any atom is -0.303 e. The van der Waals surface area contributed by atoms with E-state index in [1.54, 1.807) is 34.9 Å². The summed E-state index contributed by atoms with van der Waals surface area (Å²) in [6.45, 7) is 0.440. The third-order valence-electron chi connectivity index (χ3n) is 4.17. The third kappa shape index (κ3) is 3.06. The maximum absolute atomic E-state index is 13.3.